The first-order valence-electron chi connectivity index (χ1n) is 9.06. The molecule has 3 aromatic rings. The molecule has 0 saturated carbocycles. The van der Waals surface area contributed by atoms with E-state index in [-0.39, 0.29) is 18.4 Å². The van der Waals surface area contributed by atoms with Crippen molar-refractivity contribution in [1.29, 1.82) is 0 Å². The molecule has 0 bridgehead atoms. The van der Waals surface area contributed by atoms with E-state index >= 15 is 0 Å². The molecule has 144 valence electrons. The summed E-state index contributed by atoms with van der Waals surface area (Å²) in [7, 11) is 0. The van der Waals surface area contributed by atoms with Gasteiger partial charge in [-0.3, -0.25) is 9.59 Å². The quantitative estimate of drug-likeness (QED) is 0.700. The van der Waals surface area contributed by atoms with E-state index < -0.39 is 0 Å². The number of piperazine rings is 1. The number of thiophene rings is 1. The fourth-order valence-electron chi connectivity index (χ4n) is 3.10. The van der Waals surface area contributed by atoms with Crippen molar-refractivity contribution >= 4 is 40.2 Å². The molecule has 1 fully saturated rings. The molecule has 6 nitrogen and oxygen atoms in total. The van der Waals surface area contributed by atoms with Crippen molar-refractivity contribution in [3.05, 3.63) is 58.9 Å². The van der Waals surface area contributed by atoms with Gasteiger partial charge in [-0.2, -0.15) is 0 Å². The molecule has 0 atom stereocenters. The van der Waals surface area contributed by atoms with Gasteiger partial charge in [-0.25, -0.2) is 4.98 Å². The Kier molecular flexibility index (Phi) is 5.68. The first-order valence-corrected chi connectivity index (χ1v) is 10.8. The molecule has 1 aliphatic rings. The highest BCUT2D eigenvalue weighted by molar-refractivity contribution is 7.22. The summed E-state index contributed by atoms with van der Waals surface area (Å²) in [6.07, 6.45) is 1.57. The molecule has 1 saturated heterocycles. The smallest absolute Gasteiger partial charge is 0.263 e. The third-order valence-corrected chi connectivity index (χ3v) is 6.65. The van der Waals surface area contributed by atoms with Crippen LogP contribution < -0.4 is 10.2 Å². The van der Waals surface area contributed by atoms with Gasteiger partial charge in [0.25, 0.3) is 5.91 Å². The SMILES string of the molecule is O=C(NCC(=O)N1CCN(c2ccccc2)CC1)c1cnc(-c2cccs2)s1. The van der Waals surface area contributed by atoms with E-state index in [0.29, 0.717) is 18.0 Å². The second-order valence-electron chi connectivity index (χ2n) is 6.39. The van der Waals surface area contributed by atoms with Gasteiger partial charge in [0.05, 0.1) is 17.6 Å². The molecule has 3 heterocycles. The van der Waals surface area contributed by atoms with E-state index in [1.165, 1.54) is 17.0 Å². The Morgan fingerprint density at radius 1 is 1.04 bits per heavy atom. The predicted molar refractivity (Wildman–Crippen MR) is 113 cm³/mol. The lowest BCUT2D eigenvalue weighted by Gasteiger charge is -2.36. The van der Waals surface area contributed by atoms with E-state index in [1.807, 2.05) is 40.6 Å². The monoisotopic (exact) mass is 412 g/mol. The van der Waals surface area contributed by atoms with E-state index in [4.69, 9.17) is 0 Å². The molecule has 2 aromatic heterocycles. The van der Waals surface area contributed by atoms with Crippen LogP contribution >= 0.6 is 22.7 Å². The molecule has 0 aliphatic carbocycles. The fourth-order valence-corrected chi connectivity index (χ4v) is 4.74. The predicted octanol–water partition coefficient (Wildman–Crippen LogP) is 2.95. The highest BCUT2D eigenvalue weighted by atomic mass is 32.1. The molecule has 1 aliphatic heterocycles. The molecule has 4 rings (SSSR count). The third kappa shape index (κ3) is 4.23. The number of thiazole rings is 1. The summed E-state index contributed by atoms with van der Waals surface area (Å²) < 4.78 is 0. The lowest BCUT2D eigenvalue weighted by Crippen LogP contribution is -2.51. The minimum atomic E-state index is -0.253. The summed E-state index contributed by atoms with van der Waals surface area (Å²) in [5.74, 6) is -0.305. The summed E-state index contributed by atoms with van der Waals surface area (Å²) in [6.45, 7) is 2.92. The normalized spacial score (nSPS) is 14.1. The number of carbonyl (C=O) groups is 2. The van der Waals surface area contributed by atoms with Crippen LogP contribution in [0, 0.1) is 0 Å². The Hall–Kier alpha value is -2.71. The van der Waals surface area contributed by atoms with Crippen molar-refractivity contribution in [2.75, 3.05) is 37.6 Å². The minimum Gasteiger partial charge on any atom is -0.368 e. The first-order chi connectivity index (χ1) is 13.7. The van der Waals surface area contributed by atoms with Crippen molar-refractivity contribution in [2.45, 2.75) is 0 Å². The number of nitrogens with zero attached hydrogens (tertiary/aromatic N) is 3. The van der Waals surface area contributed by atoms with Crippen molar-refractivity contribution in [3.8, 4) is 9.88 Å². The summed E-state index contributed by atoms with van der Waals surface area (Å²) >= 11 is 2.93. The zero-order valence-electron chi connectivity index (χ0n) is 15.2. The number of rotatable bonds is 5. The van der Waals surface area contributed by atoms with Gasteiger partial charge in [0.2, 0.25) is 5.91 Å². The fraction of sp³-hybridized carbons (Fsp3) is 0.250. The summed E-state index contributed by atoms with van der Waals surface area (Å²) in [6, 6.07) is 14.1. The maximum Gasteiger partial charge on any atom is 0.263 e. The number of benzene rings is 1. The van der Waals surface area contributed by atoms with Crippen LogP contribution in [0.5, 0.6) is 0 Å². The van der Waals surface area contributed by atoms with Crippen LogP contribution in [0.25, 0.3) is 9.88 Å². The highest BCUT2D eigenvalue weighted by Gasteiger charge is 2.22. The average Bonchev–Trinajstić information content (AvgIpc) is 3.44. The largest absolute Gasteiger partial charge is 0.368 e. The average molecular weight is 413 g/mol. The molecule has 0 radical (unpaired) electrons. The molecule has 0 spiro atoms. The molecule has 28 heavy (non-hydrogen) atoms. The van der Waals surface area contributed by atoms with Crippen LogP contribution in [0.4, 0.5) is 5.69 Å². The van der Waals surface area contributed by atoms with Gasteiger partial charge >= 0.3 is 0 Å². The summed E-state index contributed by atoms with van der Waals surface area (Å²) in [5.41, 5.74) is 1.18. The zero-order valence-corrected chi connectivity index (χ0v) is 16.8. The van der Waals surface area contributed by atoms with Gasteiger partial charge in [0, 0.05) is 31.9 Å². The lowest BCUT2D eigenvalue weighted by atomic mass is 10.2. The van der Waals surface area contributed by atoms with Gasteiger partial charge in [-0.15, -0.1) is 22.7 Å². The highest BCUT2D eigenvalue weighted by Crippen LogP contribution is 2.28. The Bertz CT molecular complexity index is 932. The number of anilines is 1. The molecule has 8 heteroatoms. The van der Waals surface area contributed by atoms with Crippen LogP contribution in [0.2, 0.25) is 0 Å². The van der Waals surface area contributed by atoms with E-state index in [0.717, 1.165) is 23.0 Å². The molecular weight excluding hydrogens is 392 g/mol. The van der Waals surface area contributed by atoms with Crippen molar-refractivity contribution in [2.24, 2.45) is 0 Å². The topological polar surface area (TPSA) is 65.5 Å². The Labute approximate surface area is 171 Å². The van der Waals surface area contributed by atoms with E-state index in [9.17, 15) is 9.59 Å². The number of hydrogen-bond acceptors (Lipinski definition) is 6. The Morgan fingerprint density at radius 2 is 1.82 bits per heavy atom. The Morgan fingerprint density at radius 3 is 2.54 bits per heavy atom. The second-order valence-corrected chi connectivity index (χ2v) is 8.37. The van der Waals surface area contributed by atoms with Crippen molar-refractivity contribution in [3.63, 3.8) is 0 Å². The van der Waals surface area contributed by atoms with E-state index in [2.05, 4.69) is 27.3 Å². The van der Waals surface area contributed by atoms with Crippen LogP contribution in [-0.4, -0.2) is 54.4 Å². The number of carbonyl (C=O) groups excluding carboxylic acids is 2. The van der Waals surface area contributed by atoms with Gasteiger partial charge in [0.1, 0.15) is 9.88 Å². The standard InChI is InChI=1S/C20H20N4O2S2/c25-18(24-10-8-23(9-11-24)15-5-2-1-3-6-15)14-21-19(26)17-13-22-20(28-17)16-7-4-12-27-16/h1-7,12-13H,8-11,14H2,(H,21,26). The molecule has 1 aromatic carbocycles. The number of nitrogens with one attached hydrogen (secondary N) is 1. The van der Waals surface area contributed by atoms with Crippen LogP contribution in [-0.2, 0) is 4.79 Å². The minimum absolute atomic E-state index is 0.0103. The van der Waals surface area contributed by atoms with Crippen molar-refractivity contribution < 1.29 is 9.59 Å². The summed E-state index contributed by atoms with van der Waals surface area (Å²) in [4.78, 5) is 34.7. The lowest BCUT2D eigenvalue weighted by molar-refractivity contribution is -0.130. The van der Waals surface area contributed by atoms with Crippen LogP contribution in [0.15, 0.2) is 54.0 Å². The summed E-state index contributed by atoms with van der Waals surface area (Å²) in [5, 5.41) is 5.53. The van der Waals surface area contributed by atoms with Crippen molar-refractivity contribution in [1.82, 2.24) is 15.2 Å². The second kappa shape index (κ2) is 8.53. The third-order valence-electron chi connectivity index (χ3n) is 4.62. The first kappa shape index (κ1) is 18.6. The molecule has 0 unspecified atom stereocenters. The zero-order chi connectivity index (χ0) is 19.3. The number of aromatic nitrogens is 1. The number of hydrogen-bond donors (Lipinski definition) is 1. The molecule has 1 N–H and O–H groups in total. The molecule has 2 amide bonds. The molecular formula is C20H20N4O2S2. The van der Waals surface area contributed by atoms with Crippen LogP contribution in [0.3, 0.4) is 0 Å². The maximum absolute atomic E-state index is 12.5. The van der Waals surface area contributed by atoms with Gasteiger partial charge in [0.15, 0.2) is 0 Å². The van der Waals surface area contributed by atoms with E-state index in [1.54, 1.807) is 17.5 Å². The van der Waals surface area contributed by atoms with Gasteiger partial charge in [-0.1, -0.05) is 24.3 Å². The van der Waals surface area contributed by atoms with Crippen LogP contribution in [0.1, 0.15) is 9.67 Å². The maximum atomic E-state index is 12.5. The Balaban J connectivity index is 1.26. The number of amides is 2. The van der Waals surface area contributed by atoms with Gasteiger partial charge in [-0.05, 0) is 23.6 Å². The van der Waals surface area contributed by atoms with Gasteiger partial charge < -0.3 is 15.1 Å². The number of para-hydroxylation sites is 1.